The molecule has 1 aromatic carbocycles. The van der Waals surface area contributed by atoms with Crippen molar-refractivity contribution in [1.29, 1.82) is 0 Å². The summed E-state index contributed by atoms with van der Waals surface area (Å²) < 4.78 is 81.0. The summed E-state index contributed by atoms with van der Waals surface area (Å²) in [4.78, 5) is 10.6. The van der Waals surface area contributed by atoms with Crippen LogP contribution in [0.1, 0.15) is 17.8 Å². The van der Waals surface area contributed by atoms with Crippen LogP contribution in [0, 0.1) is 5.82 Å². The number of hydrogen-bond donors (Lipinski definition) is 1. The van der Waals surface area contributed by atoms with Crippen molar-refractivity contribution in [1.82, 2.24) is 14.9 Å². The number of benzene rings is 1. The number of nitrogens with zero attached hydrogens (tertiary/aromatic N) is 4. The average Bonchev–Trinajstić information content (AvgIpc) is 3.46. The van der Waals surface area contributed by atoms with Gasteiger partial charge in [0.2, 0.25) is 0 Å². The lowest BCUT2D eigenvalue weighted by Gasteiger charge is -2.28. The Morgan fingerprint density at radius 1 is 1.31 bits per heavy atom. The van der Waals surface area contributed by atoms with Crippen LogP contribution in [0.25, 0.3) is 0 Å². The van der Waals surface area contributed by atoms with Gasteiger partial charge in [-0.25, -0.2) is 22.8 Å². The van der Waals surface area contributed by atoms with Crippen molar-refractivity contribution < 1.29 is 26.0 Å². The quantitative estimate of drug-likeness (QED) is 0.424. The molecule has 1 N–H and O–H groups in total. The van der Waals surface area contributed by atoms with Gasteiger partial charge in [-0.3, -0.25) is 9.62 Å². The van der Waals surface area contributed by atoms with E-state index in [1.165, 1.54) is 34.4 Å². The lowest BCUT2D eigenvalue weighted by molar-refractivity contribution is -0.141. The van der Waals surface area contributed by atoms with E-state index in [0.717, 1.165) is 18.2 Å². The summed E-state index contributed by atoms with van der Waals surface area (Å²) >= 11 is 7.53. The minimum atomic E-state index is -4.51. The Labute approximate surface area is 208 Å². The molecule has 1 unspecified atom stereocenters. The molecule has 1 atom stereocenters. The number of sulfonamides is 1. The highest BCUT2D eigenvalue weighted by atomic mass is 35.5. The average molecular weight is 550 g/mol. The van der Waals surface area contributed by atoms with Crippen LogP contribution in [0.15, 0.2) is 46.1 Å². The first-order valence-corrected chi connectivity index (χ1v) is 13.1. The van der Waals surface area contributed by atoms with E-state index in [0.29, 0.717) is 30.9 Å². The van der Waals surface area contributed by atoms with E-state index in [2.05, 4.69) is 14.7 Å². The fourth-order valence-electron chi connectivity index (χ4n) is 3.87. The maximum atomic E-state index is 14.9. The van der Waals surface area contributed by atoms with Crippen molar-refractivity contribution in [3.63, 3.8) is 0 Å². The van der Waals surface area contributed by atoms with Gasteiger partial charge in [0.05, 0.1) is 21.9 Å². The third-order valence-corrected chi connectivity index (χ3v) is 7.88. The molecule has 4 rings (SSSR count). The second-order valence-corrected chi connectivity index (χ2v) is 10.8. The molecule has 188 valence electrons. The van der Waals surface area contributed by atoms with E-state index in [4.69, 9.17) is 11.6 Å². The van der Waals surface area contributed by atoms with E-state index in [1.807, 2.05) is 4.90 Å². The molecule has 0 saturated carbocycles. The number of halogens is 5. The normalized spacial score (nSPS) is 17.0. The number of hydrogen-bond acceptors (Lipinski definition) is 7. The number of aromatic nitrogens is 2. The number of likely N-dealkylation sites (tertiary alicyclic amines) is 1. The second kappa shape index (κ2) is 9.88. The predicted octanol–water partition coefficient (Wildman–Crippen LogP) is 4.86. The molecule has 0 aliphatic carbocycles. The zero-order chi connectivity index (χ0) is 25.4. The van der Waals surface area contributed by atoms with Crippen molar-refractivity contribution in [2.75, 3.05) is 29.8 Å². The van der Waals surface area contributed by atoms with E-state index >= 15 is 0 Å². The van der Waals surface area contributed by atoms with Crippen LogP contribution < -0.4 is 9.62 Å². The molecule has 35 heavy (non-hydrogen) atoms. The maximum absolute atomic E-state index is 14.9. The highest BCUT2D eigenvalue weighted by molar-refractivity contribution is 7.92. The van der Waals surface area contributed by atoms with Gasteiger partial charge in [0.1, 0.15) is 16.4 Å². The Morgan fingerprint density at radius 2 is 2.09 bits per heavy atom. The number of alkyl halides is 3. The van der Waals surface area contributed by atoms with Gasteiger partial charge in [-0.1, -0.05) is 17.7 Å². The molecule has 1 fully saturated rings. The first-order valence-electron chi connectivity index (χ1n) is 10.3. The fourth-order valence-corrected chi connectivity index (χ4v) is 5.88. The molecule has 1 saturated heterocycles. The van der Waals surface area contributed by atoms with E-state index in [9.17, 15) is 26.0 Å². The van der Waals surface area contributed by atoms with Gasteiger partial charge >= 0.3 is 6.18 Å². The summed E-state index contributed by atoms with van der Waals surface area (Å²) in [6.07, 6.45) is -3.86. The molecule has 2 aromatic heterocycles. The first-order chi connectivity index (χ1) is 16.4. The first kappa shape index (κ1) is 25.6. The molecule has 14 heteroatoms. The number of pyridine rings is 1. The van der Waals surface area contributed by atoms with Gasteiger partial charge in [-0.15, -0.1) is 11.3 Å². The topological polar surface area (TPSA) is 78.4 Å². The van der Waals surface area contributed by atoms with Crippen molar-refractivity contribution in [2.45, 2.75) is 30.1 Å². The Morgan fingerprint density at radius 3 is 2.77 bits per heavy atom. The number of nitrogens with one attached hydrogen (secondary N) is 1. The van der Waals surface area contributed by atoms with Crippen LogP contribution in [-0.2, 0) is 22.7 Å². The molecule has 0 radical (unpaired) electrons. The standard InChI is InChI=1S/C21H20ClF4N5O2S2/c1-30(14-5-6-31(10-14)9-13-3-2-4-19(28-13)21(24,25)26)17-8-16(23)18(7-15(17)22)35(32,33)29-20-11-34-12-27-20/h2-4,7-8,11-12,14,29H,5-6,9-10H2,1H3. The summed E-state index contributed by atoms with van der Waals surface area (Å²) in [6, 6.07) is 5.79. The molecular formula is C21H20ClF4N5O2S2. The molecule has 3 aromatic rings. The second-order valence-electron chi connectivity index (χ2n) is 8.01. The SMILES string of the molecule is CN(c1cc(F)c(S(=O)(=O)Nc2cscn2)cc1Cl)C1CCN(Cc2cccc(C(F)(F)F)n2)C1. The van der Waals surface area contributed by atoms with Crippen molar-refractivity contribution >= 4 is 44.5 Å². The third kappa shape index (κ3) is 5.85. The van der Waals surface area contributed by atoms with Crippen LogP contribution in [0.4, 0.5) is 29.1 Å². The smallest absolute Gasteiger partial charge is 0.369 e. The van der Waals surface area contributed by atoms with E-state index in [-0.39, 0.29) is 23.4 Å². The number of rotatable bonds is 7. The van der Waals surface area contributed by atoms with Gasteiger partial charge in [0.25, 0.3) is 10.0 Å². The highest BCUT2D eigenvalue weighted by Gasteiger charge is 2.33. The largest absolute Gasteiger partial charge is 0.433 e. The van der Waals surface area contributed by atoms with Crippen LogP contribution in [-0.4, -0.2) is 49.5 Å². The van der Waals surface area contributed by atoms with Gasteiger partial charge in [-0.05, 0) is 24.6 Å². The molecule has 7 nitrogen and oxygen atoms in total. The van der Waals surface area contributed by atoms with Gasteiger partial charge in [0, 0.05) is 44.2 Å². The Bertz CT molecular complexity index is 1310. The van der Waals surface area contributed by atoms with Gasteiger partial charge in [-0.2, -0.15) is 13.2 Å². The minimum Gasteiger partial charge on any atom is -0.369 e. The lowest BCUT2D eigenvalue weighted by atomic mass is 10.2. The molecule has 3 heterocycles. The molecule has 1 aliphatic rings. The summed E-state index contributed by atoms with van der Waals surface area (Å²) in [5, 5.41) is 1.52. The summed E-state index contributed by atoms with van der Waals surface area (Å²) in [6.45, 7) is 1.31. The minimum absolute atomic E-state index is 0.0468. The Balaban J connectivity index is 1.46. The zero-order valence-corrected chi connectivity index (χ0v) is 20.6. The monoisotopic (exact) mass is 549 g/mol. The molecule has 0 spiro atoms. The molecule has 0 amide bonds. The van der Waals surface area contributed by atoms with Gasteiger partial charge < -0.3 is 4.90 Å². The number of thiazole rings is 1. The van der Waals surface area contributed by atoms with Crippen molar-refractivity contribution in [3.05, 3.63) is 63.5 Å². The van der Waals surface area contributed by atoms with Crippen LogP contribution in [0.2, 0.25) is 5.02 Å². The van der Waals surface area contributed by atoms with Gasteiger partial charge in [0.15, 0.2) is 5.82 Å². The predicted molar refractivity (Wildman–Crippen MR) is 126 cm³/mol. The maximum Gasteiger partial charge on any atom is 0.433 e. The van der Waals surface area contributed by atoms with Crippen LogP contribution in [0.3, 0.4) is 0 Å². The molecule has 1 aliphatic heterocycles. The summed E-state index contributed by atoms with van der Waals surface area (Å²) in [7, 11) is -2.53. The van der Waals surface area contributed by atoms with Crippen molar-refractivity contribution in [3.8, 4) is 0 Å². The van der Waals surface area contributed by atoms with Crippen molar-refractivity contribution in [2.24, 2.45) is 0 Å². The number of likely N-dealkylation sites (N-methyl/N-ethyl adjacent to an activating group) is 1. The highest BCUT2D eigenvalue weighted by Crippen LogP contribution is 2.34. The summed E-state index contributed by atoms with van der Waals surface area (Å²) in [5.74, 6) is -0.893. The fraction of sp³-hybridized carbons (Fsp3) is 0.333. The lowest BCUT2D eigenvalue weighted by Crippen LogP contribution is -2.35. The van der Waals surface area contributed by atoms with Crippen LogP contribution in [0.5, 0.6) is 0 Å². The Kier molecular flexibility index (Phi) is 7.23. The van der Waals surface area contributed by atoms with E-state index in [1.54, 1.807) is 11.9 Å². The zero-order valence-electron chi connectivity index (χ0n) is 18.3. The Hall–Kier alpha value is -2.48. The summed E-state index contributed by atoms with van der Waals surface area (Å²) in [5.41, 5.74) is 1.10. The molecule has 0 bridgehead atoms. The number of anilines is 2. The third-order valence-electron chi connectivity index (χ3n) is 5.62. The van der Waals surface area contributed by atoms with Crippen LogP contribution >= 0.6 is 22.9 Å². The molecular weight excluding hydrogens is 530 g/mol. The van der Waals surface area contributed by atoms with E-state index < -0.39 is 32.6 Å².